The highest BCUT2D eigenvalue weighted by Crippen LogP contribution is 2.25. The van der Waals surface area contributed by atoms with E-state index >= 15 is 0 Å². The van der Waals surface area contributed by atoms with Crippen LogP contribution in [0.3, 0.4) is 0 Å². The van der Waals surface area contributed by atoms with Gasteiger partial charge >= 0.3 is 0 Å². The minimum atomic E-state index is -0.0604. The second-order valence-electron chi connectivity index (χ2n) is 5.80. The van der Waals surface area contributed by atoms with E-state index in [1.54, 1.807) is 10.9 Å². The number of hydrogen-bond donors (Lipinski definition) is 2. The highest BCUT2D eigenvalue weighted by Gasteiger charge is 2.12. The molecule has 3 aromatic rings. The number of nitrogens with one attached hydrogen (secondary N) is 1. The minimum absolute atomic E-state index is 0.0407. The van der Waals surface area contributed by atoms with Crippen LogP contribution in [0.4, 0.5) is 5.82 Å². The molecule has 25 heavy (non-hydrogen) atoms. The van der Waals surface area contributed by atoms with Crippen molar-refractivity contribution in [2.45, 2.75) is 19.4 Å². The molecule has 0 bridgehead atoms. The van der Waals surface area contributed by atoms with Crippen molar-refractivity contribution in [2.75, 3.05) is 11.9 Å². The topological polar surface area (TPSA) is 75.9 Å². The number of nitrogens with zero attached hydrogens (tertiary/aromatic N) is 4. The molecule has 6 nitrogen and oxygen atoms in total. The number of halogens is 1. The maximum atomic E-state index is 9.46. The molecule has 0 fully saturated rings. The van der Waals surface area contributed by atoms with Crippen molar-refractivity contribution in [3.05, 3.63) is 47.7 Å². The number of benzene rings is 1. The van der Waals surface area contributed by atoms with Gasteiger partial charge in [0, 0.05) is 29.9 Å². The summed E-state index contributed by atoms with van der Waals surface area (Å²) < 4.78 is 1.71. The number of aliphatic hydroxyl groups excluding tert-OH is 1. The van der Waals surface area contributed by atoms with E-state index in [1.807, 2.05) is 50.5 Å². The number of aromatic nitrogens is 4. The van der Waals surface area contributed by atoms with E-state index in [4.69, 9.17) is 11.6 Å². The molecule has 7 heteroatoms. The molecule has 1 unspecified atom stereocenters. The fourth-order valence-corrected chi connectivity index (χ4v) is 2.57. The lowest BCUT2D eigenvalue weighted by Gasteiger charge is -2.16. The van der Waals surface area contributed by atoms with Gasteiger partial charge in [0.1, 0.15) is 5.82 Å². The van der Waals surface area contributed by atoms with E-state index < -0.39 is 0 Å². The molecule has 0 saturated carbocycles. The Kier molecular flexibility index (Phi) is 5.31. The van der Waals surface area contributed by atoms with Crippen LogP contribution in [0.2, 0.25) is 5.02 Å². The van der Waals surface area contributed by atoms with Crippen LogP contribution in [-0.4, -0.2) is 37.5 Å². The Labute approximate surface area is 151 Å². The van der Waals surface area contributed by atoms with Crippen molar-refractivity contribution < 1.29 is 5.11 Å². The first-order valence-corrected chi connectivity index (χ1v) is 8.48. The molecule has 1 aromatic carbocycles. The van der Waals surface area contributed by atoms with Gasteiger partial charge in [-0.05, 0) is 18.6 Å². The largest absolute Gasteiger partial charge is 0.394 e. The molecule has 0 amide bonds. The zero-order valence-corrected chi connectivity index (χ0v) is 14.9. The molecule has 130 valence electrons. The molecular weight excluding hydrogens is 338 g/mol. The monoisotopic (exact) mass is 357 g/mol. The molecule has 0 aliphatic carbocycles. The molecule has 0 saturated heterocycles. The van der Waals surface area contributed by atoms with Crippen LogP contribution in [0.15, 0.2) is 42.7 Å². The normalized spacial score (nSPS) is 12.2. The van der Waals surface area contributed by atoms with E-state index in [-0.39, 0.29) is 12.6 Å². The Morgan fingerprint density at radius 2 is 1.96 bits per heavy atom. The Hall–Kier alpha value is -2.44. The summed E-state index contributed by atoms with van der Waals surface area (Å²) in [6, 6.07) is 9.32. The van der Waals surface area contributed by atoms with Gasteiger partial charge in [-0.15, -0.1) is 0 Å². The number of aliphatic hydroxyl groups is 1. The van der Waals surface area contributed by atoms with Crippen LogP contribution in [0.1, 0.15) is 13.3 Å². The summed E-state index contributed by atoms with van der Waals surface area (Å²) in [6.07, 6.45) is 4.39. The summed E-state index contributed by atoms with van der Waals surface area (Å²) in [5.74, 6) is 1.25. The fraction of sp³-hybridized carbons (Fsp3) is 0.278. The lowest BCUT2D eigenvalue weighted by atomic mass is 10.1. The van der Waals surface area contributed by atoms with Gasteiger partial charge in [0.15, 0.2) is 5.82 Å². The highest BCUT2D eigenvalue weighted by molar-refractivity contribution is 6.30. The minimum Gasteiger partial charge on any atom is -0.394 e. The highest BCUT2D eigenvalue weighted by atomic mass is 35.5. The molecule has 0 radical (unpaired) electrons. The van der Waals surface area contributed by atoms with Gasteiger partial charge in [-0.3, -0.25) is 4.68 Å². The van der Waals surface area contributed by atoms with Crippen LogP contribution in [0.5, 0.6) is 0 Å². The third-order valence-corrected chi connectivity index (χ3v) is 4.15. The predicted molar refractivity (Wildman–Crippen MR) is 99.5 cm³/mol. The van der Waals surface area contributed by atoms with Gasteiger partial charge in [-0.25, -0.2) is 9.97 Å². The first-order chi connectivity index (χ1) is 12.1. The van der Waals surface area contributed by atoms with Crippen molar-refractivity contribution in [3.8, 4) is 22.6 Å². The summed E-state index contributed by atoms with van der Waals surface area (Å²) in [5, 5.41) is 17.6. The van der Waals surface area contributed by atoms with Crippen LogP contribution < -0.4 is 5.32 Å². The lowest BCUT2D eigenvalue weighted by molar-refractivity contribution is 0.271. The molecule has 0 aliphatic rings. The molecule has 2 aromatic heterocycles. The van der Waals surface area contributed by atoms with Crippen molar-refractivity contribution in [3.63, 3.8) is 0 Å². The number of hydrogen-bond acceptors (Lipinski definition) is 5. The third-order valence-electron chi connectivity index (χ3n) is 3.89. The SMILES string of the molecule is CCC(CO)Nc1cc(-c2ccc(Cl)cc2)nc(-c2cnn(C)c2)n1. The molecule has 2 heterocycles. The lowest BCUT2D eigenvalue weighted by Crippen LogP contribution is -2.23. The molecular formula is C18H20ClN5O. The van der Waals surface area contributed by atoms with Gasteiger partial charge in [-0.2, -0.15) is 5.10 Å². The first kappa shape index (κ1) is 17.4. The molecule has 2 N–H and O–H groups in total. The van der Waals surface area contributed by atoms with Crippen molar-refractivity contribution in [1.29, 1.82) is 0 Å². The maximum Gasteiger partial charge on any atom is 0.165 e. The van der Waals surface area contributed by atoms with E-state index in [0.717, 1.165) is 23.2 Å². The van der Waals surface area contributed by atoms with Gasteiger partial charge in [0.05, 0.1) is 30.1 Å². The van der Waals surface area contributed by atoms with Crippen molar-refractivity contribution >= 4 is 17.4 Å². The Bertz CT molecular complexity index is 843. The van der Waals surface area contributed by atoms with Gasteiger partial charge in [0.25, 0.3) is 0 Å². The van der Waals surface area contributed by atoms with Gasteiger partial charge in [0.2, 0.25) is 0 Å². The summed E-state index contributed by atoms with van der Waals surface area (Å²) in [6.45, 7) is 2.05. The summed E-state index contributed by atoms with van der Waals surface area (Å²) in [5.41, 5.74) is 2.55. The second-order valence-corrected chi connectivity index (χ2v) is 6.24. The standard InChI is InChI=1S/C18H20ClN5O/c1-3-15(11-25)21-17-8-16(12-4-6-14(19)7-5-12)22-18(23-17)13-9-20-24(2)10-13/h4-10,15,25H,3,11H2,1-2H3,(H,21,22,23). The average molecular weight is 358 g/mol. The van der Waals surface area contributed by atoms with Crippen molar-refractivity contribution in [2.24, 2.45) is 7.05 Å². The van der Waals surface area contributed by atoms with E-state index in [1.165, 1.54) is 0 Å². The zero-order valence-electron chi connectivity index (χ0n) is 14.1. The first-order valence-electron chi connectivity index (χ1n) is 8.10. The Morgan fingerprint density at radius 3 is 2.56 bits per heavy atom. The number of aryl methyl sites for hydroxylation is 1. The molecule has 3 rings (SSSR count). The van der Waals surface area contributed by atoms with Gasteiger partial charge < -0.3 is 10.4 Å². The van der Waals surface area contributed by atoms with E-state index in [9.17, 15) is 5.11 Å². The predicted octanol–water partition coefficient (Wildman–Crippen LogP) is 3.38. The van der Waals surface area contributed by atoms with E-state index in [2.05, 4.69) is 20.4 Å². The van der Waals surface area contributed by atoms with Crippen LogP contribution in [-0.2, 0) is 7.05 Å². The average Bonchev–Trinajstić information content (AvgIpc) is 3.06. The number of rotatable bonds is 6. The zero-order chi connectivity index (χ0) is 17.8. The van der Waals surface area contributed by atoms with Gasteiger partial charge in [-0.1, -0.05) is 30.7 Å². The Balaban J connectivity index is 2.05. The second kappa shape index (κ2) is 7.63. The van der Waals surface area contributed by atoms with E-state index in [0.29, 0.717) is 16.7 Å². The third kappa shape index (κ3) is 4.15. The van der Waals surface area contributed by atoms with Crippen LogP contribution >= 0.6 is 11.6 Å². The maximum absolute atomic E-state index is 9.46. The molecule has 0 spiro atoms. The smallest absolute Gasteiger partial charge is 0.165 e. The fourth-order valence-electron chi connectivity index (χ4n) is 2.44. The number of anilines is 1. The Morgan fingerprint density at radius 1 is 1.20 bits per heavy atom. The summed E-state index contributed by atoms with van der Waals surface area (Å²) in [7, 11) is 1.85. The summed E-state index contributed by atoms with van der Waals surface area (Å²) in [4.78, 5) is 9.25. The quantitative estimate of drug-likeness (QED) is 0.707. The van der Waals surface area contributed by atoms with Crippen LogP contribution in [0.25, 0.3) is 22.6 Å². The molecule has 1 atom stereocenters. The van der Waals surface area contributed by atoms with Crippen LogP contribution in [0, 0.1) is 0 Å². The summed E-state index contributed by atoms with van der Waals surface area (Å²) >= 11 is 5.98. The molecule has 0 aliphatic heterocycles. The van der Waals surface area contributed by atoms with Crippen molar-refractivity contribution in [1.82, 2.24) is 19.7 Å².